The van der Waals surface area contributed by atoms with Gasteiger partial charge in [-0.05, 0) is 19.4 Å². The highest BCUT2D eigenvalue weighted by molar-refractivity contribution is 9.09. The number of aryl methyl sites for hydroxylation is 1. The van der Waals surface area contributed by atoms with Gasteiger partial charge in [0.25, 0.3) is 5.91 Å². The van der Waals surface area contributed by atoms with Gasteiger partial charge in [-0.3, -0.25) is 4.79 Å². The fraction of sp³-hybridized carbons (Fsp3) is 0.545. The van der Waals surface area contributed by atoms with Crippen LogP contribution in [0.15, 0.2) is 16.7 Å². The Morgan fingerprint density at radius 1 is 1.69 bits per heavy atom. The summed E-state index contributed by atoms with van der Waals surface area (Å²) in [6, 6.07) is 1.74. The van der Waals surface area contributed by atoms with Gasteiger partial charge in [-0.2, -0.15) is 0 Å². The molecule has 1 N–H and O–H groups in total. The minimum absolute atomic E-state index is 0.0204. The number of carbonyl (C=O) groups is 1. The maximum Gasteiger partial charge on any atom is 0.254 e. The van der Waals surface area contributed by atoms with Crippen molar-refractivity contribution >= 4 is 21.8 Å². The molecule has 1 aromatic rings. The summed E-state index contributed by atoms with van der Waals surface area (Å²) in [5.74, 6) is 0.605. The zero-order chi connectivity index (χ0) is 12.0. The molecule has 0 saturated carbocycles. The summed E-state index contributed by atoms with van der Waals surface area (Å²) in [4.78, 5) is 11.8. The molecule has 16 heavy (non-hydrogen) atoms. The number of amides is 1. The van der Waals surface area contributed by atoms with Gasteiger partial charge < -0.3 is 14.5 Å². The smallest absolute Gasteiger partial charge is 0.254 e. The summed E-state index contributed by atoms with van der Waals surface area (Å²) in [7, 11) is 1.62. The average molecular weight is 290 g/mol. The van der Waals surface area contributed by atoms with E-state index in [0.717, 1.165) is 17.5 Å². The van der Waals surface area contributed by atoms with Crippen molar-refractivity contribution in [3.05, 3.63) is 23.7 Å². The van der Waals surface area contributed by atoms with Gasteiger partial charge in [0.05, 0.1) is 18.2 Å². The van der Waals surface area contributed by atoms with Crippen molar-refractivity contribution in [2.24, 2.45) is 0 Å². The standard InChI is InChI=1S/C11H16BrNO3/c1-8-5-9(6-16-8)11(14)13-10(3-4-12)7-15-2/h5-6,10H,3-4,7H2,1-2H3,(H,13,14). The van der Waals surface area contributed by atoms with Crippen LogP contribution >= 0.6 is 15.9 Å². The number of carbonyl (C=O) groups excluding carboxylic acids is 1. The molecule has 0 aliphatic heterocycles. The molecular formula is C11H16BrNO3. The predicted octanol–water partition coefficient (Wildman–Crippen LogP) is 2.12. The van der Waals surface area contributed by atoms with E-state index in [1.54, 1.807) is 13.2 Å². The van der Waals surface area contributed by atoms with Crippen LogP contribution in [-0.4, -0.2) is 31.0 Å². The van der Waals surface area contributed by atoms with E-state index in [0.29, 0.717) is 12.2 Å². The van der Waals surface area contributed by atoms with Crippen molar-refractivity contribution in [2.75, 3.05) is 19.0 Å². The molecule has 1 rings (SSSR count). The summed E-state index contributed by atoms with van der Waals surface area (Å²) < 4.78 is 10.1. The Kier molecular flexibility index (Phi) is 5.55. The zero-order valence-electron chi connectivity index (χ0n) is 9.46. The van der Waals surface area contributed by atoms with Crippen molar-refractivity contribution in [1.29, 1.82) is 0 Å². The molecule has 0 radical (unpaired) electrons. The van der Waals surface area contributed by atoms with Crippen molar-refractivity contribution in [1.82, 2.24) is 5.32 Å². The Balaban J connectivity index is 2.54. The summed E-state index contributed by atoms with van der Waals surface area (Å²) in [6.45, 7) is 2.32. The van der Waals surface area contributed by atoms with Crippen molar-refractivity contribution in [3.63, 3.8) is 0 Å². The molecule has 0 aromatic carbocycles. The Hall–Kier alpha value is -0.810. The van der Waals surface area contributed by atoms with Crippen LogP contribution in [0.25, 0.3) is 0 Å². The Morgan fingerprint density at radius 3 is 2.94 bits per heavy atom. The van der Waals surface area contributed by atoms with Gasteiger partial charge in [0, 0.05) is 12.4 Å². The molecule has 1 heterocycles. The number of furan rings is 1. The molecule has 1 aromatic heterocycles. The Labute approximate surface area is 103 Å². The number of hydrogen-bond donors (Lipinski definition) is 1. The molecule has 1 amide bonds. The summed E-state index contributed by atoms with van der Waals surface area (Å²) in [5, 5.41) is 3.72. The second-order valence-corrected chi connectivity index (χ2v) is 4.34. The maximum absolute atomic E-state index is 11.8. The van der Waals surface area contributed by atoms with Gasteiger partial charge in [0.2, 0.25) is 0 Å². The second kappa shape index (κ2) is 6.70. The lowest BCUT2D eigenvalue weighted by Crippen LogP contribution is -2.38. The van der Waals surface area contributed by atoms with E-state index in [1.807, 2.05) is 6.92 Å². The van der Waals surface area contributed by atoms with E-state index in [2.05, 4.69) is 21.2 Å². The number of ether oxygens (including phenoxy) is 1. The summed E-state index contributed by atoms with van der Waals surface area (Å²) in [6.07, 6.45) is 2.29. The molecule has 90 valence electrons. The molecule has 0 saturated heterocycles. The van der Waals surface area contributed by atoms with Gasteiger partial charge in [-0.1, -0.05) is 15.9 Å². The molecule has 0 spiro atoms. The normalized spacial score (nSPS) is 12.4. The predicted molar refractivity (Wildman–Crippen MR) is 65.0 cm³/mol. The highest BCUT2D eigenvalue weighted by Crippen LogP contribution is 2.07. The third-order valence-corrected chi connectivity index (χ3v) is 2.61. The van der Waals surface area contributed by atoms with E-state index in [4.69, 9.17) is 9.15 Å². The van der Waals surface area contributed by atoms with Crippen molar-refractivity contribution < 1.29 is 13.9 Å². The average Bonchev–Trinajstić information content (AvgIpc) is 2.65. The van der Waals surface area contributed by atoms with Gasteiger partial charge in [-0.15, -0.1) is 0 Å². The summed E-state index contributed by atoms with van der Waals surface area (Å²) in [5.41, 5.74) is 0.549. The zero-order valence-corrected chi connectivity index (χ0v) is 11.0. The van der Waals surface area contributed by atoms with E-state index < -0.39 is 0 Å². The lowest BCUT2D eigenvalue weighted by molar-refractivity contribution is 0.0895. The van der Waals surface area contributed by atoms with Crippen LogP contribution in [0.2, 0.25) is 0 Å². The van der Waals surface area contributed by atoms with Gasteiger partial charge in [-0.25, -0.2) is 0 Å². The SMILES string of the molecule is COCC(CCBr)NC(=O)c1coc(C)c1. The third kappa shape index (κ3) is 3.98. The monoisotopic (exact) mass is 289 g/mol. The fourth-order valence-corrected chi connectivity index (χ4v) is 1.91. The van der Waals surface area contributed by atoms with Crippen molar-refractivity contribution in [3.8, 4) is 0 Å². The molecule has 0 aliphatic rings. The molecule has 1 unspecified atom stereocenters. The van der Waals surface area contributed by atoms with E-state index in [9.17, 15) is 4.79 Å². The molecule has 0 fully saturated rings. The molecule has 0 aliphatic carbocycles. The molecule has 4 nitrogen and oxygen atoms in total. The molecule has 1 atom stereocenters. The number of alkyl halides is 1. The first-order valence-corrected chi connectivity index (χ1v) is 6.20. The third-order valence-electron chi connectivity index (χ3n) is 2.15. The van der Waals surface area contributed by atoms with Crippen molar-refractivity contribution in [2.45, 2.75) is 19.4 Å². The highest BCUT2D eigenvalue weighted by Gasteiger charge is 2.14. The largest absolute Gasteiger partial charge is 0.469 e. The van der Waals surface area contributed by atoms with Gasteiger partial charge in [0.15, 0.2) is 0 Å². The minimum atomic E-state index is -0.125. The van der Waals surface area contributed by atoms with Crippen LogP contribution in [0.5, 0.6) is 0 Å². The first-order valence-electron chi connectivity index (χ1n) is 5.08. The van der Waals surface area contributed by atoms with Crippen LogP contribution < -0.4 is 5.32 Å². The van der Waals surface area contributed by atoms with Crippen LogP contribution in [0, 0.1) is 6.92 Å². The molecule has 0 bridgehead atoms. The first kappa shape index (κ1) is 13.3. The van der Waals surface area contributed by atoms with Crippen LogP contribution in [0.3, 0.4) is 0 Å². The topological polar surface area (TPSA) is 51.5 Å². The number of methoxy groups -OCH3 is 1. The second-order valence-electron chi connectivity index (χ2n) is 3.55. The van der Waals surface area contributed by atoms with Gasteiger partial charge in [0.1, 0.15) is 12.0 Å². The fourth-order valence-electron chi connectivity index (χ4n) is 1.36. The lowest BCUT2D eigenvalue weighted by Gasteiger charge is -2.15. The highest BCUT2D eigenvalue weighted by atomic mass is 79.9. The number of halogens is 1. The quantitative estimate of drug-likeness (QED) is 0.816. The Morgan fingerprint density at radius 2 is 2.44 bits per heavy atom. The van der Waals surface area contributed by atoms with E-state index >= 15 is 0 Å². The number of hydrogen-bond acceptors (Lipinski definition) is 3. The summed E-state index contributed by atoms with van der Waals surface area (Å²) >= 11 is 3.34. The number of rotatable bonds is 6. The maximum atomic E-state index is 11.8. The molecular weight excluding hydrogens is 274 g/mol. The van der Waals surface area contributed by atoms with Crippen LogP contribution in [-0.2, 0) is 4.74 Å². The molecule has 5 heteroatoms. The van der Waals surface area contributed by atoms with E-state index in [-0.39, 0.29) is 11.9 Å². The van der Waals surface area contributed by atoms with Crippen LogP contribution in [0.1, 0.15) is 22.5 Å². The lowest BCUT2D eigenvalue weighted by atomic mass is 10.2. The first-order chi connectivity index (χ1) is 7.67. The number of nitrogens with one attached hydrogen (secondary N) is 1. The minimum Gasteiger partial charge on any atom is -0.469 e. The Bertz CT molecular complexity index is 332. The van der Waals surface area contributed by atoms with E-state index in [1.165, 1.54) is 6.26 Å². The van der Waals surface area contributed by atoms with Gasteiger partial charge >= 0.3 is 0 Å². The van der Waals surface area contributed by atoms with Crippen LogP contribution in [0.4, 0.5) is 0 Å².